The van der Waals surface area contributed by atoms with Gasteiger partial charge >= 0.3 is 6.09 Å². The zero-order valence-electron chi connectivity index (χ0n) is 11.8. The van der Waals surface area contributed by atoms with E-state index in [0.717, 1.165) is 0 Å². The number of ether oxygens (including phenoxy) is 1. The largest absolute Gasteiger partial charge is 0.450 e. The minimum absolute atomic E-state index is 0.207. The lowest BCUT2D eigenvalue weighted by Crippen LogP contribution is -2.12. The van der Waals surface area contributed by atoms with Crippen LogP contribution in [0.4, 0.5) is 9.93 Å². The van der Waals surface area contributed by atoms with Gasteiger partial charge in [0.05, 0.1) is 12.4 Å². The van der Waals surface area contributed by atoms with Gasteiger partial charge in [-0.25, -0.2) is 4.79 Å². The molecule has 0 spiro atoms. The van der Waals surface area contributed by atoms with Crippen molar-refractivity contribution >= 4 is 34.3 Å². The number of carbonyl (C=O) groups excluding carboxylic acids is 1. The lowest BCUT2D eigenvalue weighted by atomic mass is 10.2. The van der Waals surface area contributed by atoms with Gasteiger partial charge in [0.1, 0.15) is 0 Å². The van der Waals surface area contributed by atoms with Gasteiger partial charge in [-0.3, -0.25) is 5.32 Å². The highest BCUT2D eigenvalue weighted by Crippen LogP contribution is 2.28. The summed E-state index contributed by atoms with van der Waals surface area (Å²) >= 11 is 2.67. The Bertz CT molecular complexity index is 598. The molecule has 0 unspecified atom stereocenters. The number of hydrogen-bond donors (Lipinski definition) is 1. The van der Waals surface area contributed by atoms with Crippen LogP contribution >= 0.6 is 23.1 Å². The van der Waals surface area contributed by atoms with Crippen molar-refractivity contribution in [1.82, 2.24) is 20.4 Å². The van der Waals surface area contributed by atoms with Crippen LogP contribution < -0.4 is 5.32 Å². The molecule has 0 fully saturated rings. The van der Waals surface area contributed by atoms with Gasteiger partial charge < -0.3 is 9.15 Å². The predicted octanol–water partition coefficient (Wildman–Crippen LogP) is 2.91. The van der Waals surface area contributed by atoms with Crippen molar-refractivity contribution in [3.8, 4) is 0 Å². The van der Waals surface area contributed by atoms with Crippen LogP contribution in [0.2, 0.25) is 0 Å². The summed E-state index contributed by atoms with van der Waals surface area (Å²) in [6, 6.07) is 0. The van der Waals surface area contributed by atoms with Crippen molar-refractivity contribution in [2.24, 2.45) is 0 Å². The maximum absolute atomic E-state index is 11.2. The molecule has 0 atom stereocenters. The van der Waals surface area contributed by atoms with Crippen LogP contribution in [0.15, 0.2) is 8.76 Å². The molecule has 0 radical (unpaired) electrons. The maximum Gasteiger partial charge on any atom is 0.413 e. The van der Waals surface area contributed by atoms with Gasteiger partial charge in [-0.05, 0) is 6.92 Å². The Morgan fingerprint density at radius 2 is 2.19 bits per heavy atom. The first-order valence-corrected chi connectivity index (χ1v) is 8.11. The van der Waals surface area contributed by atoms with Crippen LogP contribution in [0.5, 0.6) is 0 Å². The van der Waals surface area contributed by atoms with Crippen molar-refractivity contribution < 1.29 is 13.9 Å². The Hall–Kier alpha value is -1.68. The monoisotopic (exact) mass is 329 g/mol. The van der Waals surface area contributed by atoms with Crippen LogP contribution in [0.25, 0.3) is 0 Å². The number of anilines is 1. The third kappa shape index (κ3) is 4.67. The molecule has 0 aromatic carbocycles. The van der Waals surface area contributed by atoms with Crippen LogP contribution in [-0.4, -0.2) is 33.1 Å². The van der Waals surface area contributed by atoms with Crippen molar-refractivity contribution in [2.45, 2.75) is 36.8 Å². The molecule has 0 aliphatic rings. The normalized spacial score (nSPS) is 10.9. The van der Waals surface area contributed by atoms with E-state index in [9.17, 15) is 4.79 Å². The molecular formula is C11H15N5O3S2. The molecule has 0 saturated heterocycles. The first-order chi connectivity index (χ1) is 10.1. The third-order valence-electron chi connectivity index (χ3n) is 2.19. The molecule has 8 nitrogen and oxygen atoms in total. The standard InChI is InChI=1S/C11H15N5O3S2/c1-4-18-10(17)12-9-15-16-11(21-9)20-5-7-13-14-8(19-7)6(2)3/h6H,4-5H2,1-3H3,(H,12,15,17). The number of hydrogen-bond acceptors (Lipinski definition) is 9. The van der Waals surface area contributed by atoms with Gasteiger partial charge in [0.25, 0.3) is 0 Å². The topological polar surface area (TPSA) is 103 Å². The number of rotatable bonds is 6. The molecule has 2 aromatic heterocycles. The molecule has 0 bridgehead atoms. The highest BCUT2D eigenvalue weighted by atomic mass is 32.2. The Morgan fingerprint density at radius 1 is 1.38 bits per heavy atom. The highest BCUT2D eigenvalue weighted by molar-refractivity contribution is 8.00. The fourth-order valence-corrected chi connectivity index (χ4v) is 2.83. The van der Waals surface area contributed by atoms with Gasteiger partial charge in [-0.15, -0.1) is 20.4 Å². The quantitative estimate of drug-likeness (QED) is 0.637. The smallest absolute Gasteiger partial charge is 0.413 e. The molecule has 10 heteroatoms. The second-order valence-electron chi connectivity index (χ2n) is 4.20. The zero-order valence-corrected chi connectivity index (χ0v) is 13.5. The first kappa shape index (κ1) is 15.7. The summed E-state index contributed by atoms with van der Waals surface area (Å²) in [6.07, 6.45) is -0.538. The van der Waals surface area contributed by atoms with E-state index in [1.54, 1.807) is 6.92 Å². The molecule has 1 amide bonds. The Kier molecular flexibility index (Phi) is 5.51. The lowest BCUT2D eigenvalue weighted by Gasteiger charge is -1.99. The van der Waals surface area contributed by atoms with E-state index in [0.29, 0.717) is 33.6 Å². The number of aromatic nitrogens is 4. The minimum atomic E-state index is -0.538. The Morgan fingerprint density at radius 3 is 2.86 bits per heavy atom. The van der Waals surface area contributed by atoms with E-state index < -0.39 is 6.09 Å². The van der Waals surface area contributed by atoms with E-state index in [1.165, 1.54) is 23.1 Å². The summed E-state index contributed by atoms with van der Waals surface area (Å²) in [4.78, 5) is 11.2. The van der Waals surface area contributed by atoms with Gasteiger partial charge in [-0.2, -0.15) is 0 Å². The lowest BCUT2D eigenvalue weighted by molar-refractivity contribution is 0.168. The van der Waals surface area contributed by atoms with Gasteiger partial charge in [0.15, 0.2) is 4.34 Å². The molecule has 0 saturated carbocycles. The second kappa shape index (κ2) is 7.36. The summed E-state index contributed by atoms with van der Waals surface area (Å²) in [5.74, 6) is 1.87. The average molecular weight is 329 g/mol. The average Bonchev–Trinajstić information content (AvgIpc) is 3.05. The van der Waals surface area contributed by atoms with E-state index >= 15 is 0 Å². The fourth-order valence-electron chi connectivity index (χ4n) is 1.25. The summed E-state index contributed by atoms with van der Waals surface area (Å²) in [5, 5.41) is 18.6. The Labute approximate surface area is 129 Å². The number of nitrogens with zero attached hydrogens (tertiary/aromatic N) is 4. The van der Waals surface area contributed by atoms with Crippen molar-refractivity contribution in [3.05, 3.63) is 11.8 Å². The van der Waals surface area contributed by atoms with Crippen LogP contribution in [0.3, 0.4) is 0 Å². The predicted molar refractivity (Wildman–Crippen MR) is 78.5 cm³/mol. The summed E-state index contributed by atoms with van der Waals surface area (Å²) in [7, 11) is 0. The molecule has 0 aliphatic heterocycles. The highest BCUT2D eigenvalue weighted by Gasteiger charge is 2.12. The van der Waals surface area contributed by atoms with Crippen molar-refractivity contribution in [3.63, 3.8) is 0 Å². The van der Waals surface area contributed by atoms with Gasteiger partial charge in [0.2, 0.25) is 16.9 Å². The SMILES string of the molecule is CCOC(=O)Nc1nnc(SCc2nnc(C(C)C)o2)s1. The van der Waals surface area contributed by atoms with Crippen molar-refractivity contribution in [1.29, 1.82) is 0 Å². The van der Waals surface area contributed by atoms with E-state index in [4.69, 9.17) is 9.15 Å². The number of nitrogens with one attached hydrogen (secondary N) is 1. The summed E-state index contributed by atoms with van der Waals surface area (Å²) in [6.45, 7) is 6.02. The summed E-state index contributed by atoms with van der Waals surface area (Å²) in [5.41, 5.74) is 0. The third-order valence-corrected chi connectivity index (χ3v) is 4.14. The van der Waals surface area contributed by atoms with Gasteiger partial charge in [-0.1, -0.05) is 36.9 Å². The first-order valence-electron chi connectivity index (χ1n) is 6.30. The number of thioether (sulfide) groups is 1. The molecule has 21 heavy (non-hydrogen) atoms. The van der Waals surface area contributed by atoms with Gasteiger partial charge in [0, 0.05) is 5.92 Å². The van der Waals surface area contributed by atoms with E-state index in [2.05, 4.69) is 25.7 Å². The van der Waals surface area contributed by atoms with E-state index in [-0.39, 0.29) is 5.92 Å². The fraction of sp³-hybridized carbons (Fsp3) is 0.545. The summed E-state index contributed by atoms with van der Waals surface area (Å²) < 4.78 is 11.0. The second-order valence-corrected chi connectivity index (χ2v) is 6.40. The van der Waals surface area contributed by atoms with Crippen LogP contribution in [0.1, 0.15) is 38.5 Å². The molecule has 2 aromatic rings. The molecule has 0 aliphatic carbocycles. The van der Waals surface area contributed by atoms with E-state index in [1.807, 2.05) is 13.8 Å². The van der Waals surface area contributed by atoms with Crippen LogP contribution in [-0.2, 0) is 10.5 Å². The molecule has 2 rings (SSSR count). The number of amides is 1. The molecule has 2 heterocycles. The van der Waals surface area contributed by atoms with Crippen molar-refractivity contribution in [2.75, 3.05) is 11.9 Å². The maximum atomic E-state index is 11.2. The number of carbonyl (C=O) groups is 1. The Balaban J connectivity index is 1.86. The zero-order chi connectivity index (χ0) is 15.2. The molecule has 114 valence electrons. The molecular weight excluding hydrogens is 314 g/mol. The van der Waals surface area contributed by atoms with Crippen LogP contribution in [0, 0.1) is 0 Å². The molecule has 1 N–H and O–H groups in total. The minimum Gasteiger partial charge on any atom is -0.450 e.